The molecule has 0 N–H and O–H groups in total. The molecule has 1 fully saturated rings. The second-order valence-electron chi connectivity index (χ2n) is 4.34. The molecule has 2 rings (SSSR count). The quantitative estimate of drug-likeness (QED) is 0.449. The Morgan fingerprint density at radius 2 is 2.05 bits per heavy atom. The number of carbonyl (C=O) groups is 2. The van der Waals surface area contributed by atoms with Crippen molar-refractivity contribution >= 4 is 17.6 Å². The number of rotatable bonds is 5. The summed E-state index contributed by atoms with van der Waals surface area (Å²) in [5, 5.41) is 10.5. The van der Waals surface area contributed by atoms with Gasteiger partial charge in [0.25, 0.3) is 5.69 Å². The average Bonchev–Trinajstić information content (AvgIpc) is 2.91. The summed E-state index contributed by atoms with van der Waals surface area (Å²) in [6.45, 7) is 1.11. The van der Waals surface area contributed by atoms with E-state index in [1.807, 2.05) is 0 Å². The molecule has 0 amide bonds. The molecule has 0 aromatic heterocycles. The summed E-state index contributed by atoms with van der Waals surface area (Å²) in [4.78, 5) is 32.4. The first-order valence-corrected chi connectivity index (χ1v) is 6.31. The lowest BCUT2D eigenvalue weighted by molar-refractivity contribution is -0.384. The molecule has 1 aromatic rings. The third-order valence-corrected chi connectivity index (χ3v) is 2.68. The summed E-state index contributed by atoms with van der Waals surface area (Å²) in [5.74, 6) is -1.17. The third kappa shape index (κ3) is 4.24. The molecule has 1 saturated heterocycles. The minimum atomic E-state index is -0.827. The monoisotopic (exact) mass is 311 g/mol. The zero-order valence-electron chi connectivity index (χ0n) is 11.6. The Balaban J connectivity index is 1.80. The Labute approximate surface area is 124 Å². The van der Waals surface area contributed by atoms with Gasteiger partial charge in [-0.3, -0.25) is 14.9 Å². The molecular weight excluding hydrogens is 298 g/mol. The van der Waals surface area contributed by atoms with Crippen LogP contribution in [0.15, 0.2) is 24.3 Å². The van der Waals surface area contributed by atoms with E-state index in [4.69, 9.17) is 18.9 Å². The van der Waals surface area contributed by atoms with Crippen LogP contribution in [0.25, 0.3) is 0 Å². The van der Waals surface area contributed by atoms with Crippen LogP contribution in [0, 0.1) is 10.1 Å². The highest BCUT2D eigenvalue weighted by Gasteiger charge is 2.29. The number of nitro groups is 1. The van der Waals surface area contributed by atoms with E-state index in [-0.39, 0.29) is 24.5 Å². The standard InChI is InChI=1S/C13H13NO8/c1-8(15)21-12-7-19-11(22-12)6-20-13(16)9-2-4-10(5-3-9)14(17)18/h2-5,11-12H,6-7H2,1H3/t11-,12?/m1/s1. The summed E-state index contributed by atoms with van der Waals surface area (Å²) in [5.41, 5.74) is 0.0448. The van der Waals surface area contributed by atoms with Crippen molar-refractivity contribution in [3.63, 3.8) is 0 Å². The number of esters is 2. The first-order chi connectivity index (χ1) is 10.5. The van der Waals surface area contributed by atoms with Gasteiger partial charge in [0.05, 0.1) is 10.5 Å². The van der Waals surface area contributed by atoms with Gasteiger partial charge in [-0.15, -0.1) is 0 Å². The number of ether oxygens (including phenoxy) is 4. The largest absolute Gasteiger partial charge is 0.457 e. The van der Waals surface area contributed by atoms with Crippen molar-refractivity contribution in [3.8, 4) is 0 Å². The second-order valence-corrected chi connectivity index (χ2v) is 4.34. The molecule has 22 heavy (non-hydrogen) atoms. The Morgan fingerprint density at radius 1 is 1.36 bits per heavy atom. The molecular formula is C13H13NO8. The summed E-state index contributed by atoms with van der Waals surface area (Å²) in [6.07, 6.45) is -1.65. The van der Waals surface area contributed by atoms with Crippen LogP contribution in [0.5, 0.6) is 0 Å². The van der Waals surface area contributed by atoms with Gasteiger partial charge in [0, 0.05) is 19.1 Å². The normalized spacial score (nSPS) is 20.4. The smallest absolute Gasteiger partial charge is 0.338 e. The molecule has 2 atom stereocenters. The maximum Gasteiger partial charge on any atom is 0.338 e. The number of hydrogen-bond donors (Lipinski definition) is 0. The lowest BCUT2D eigenvalue weighted by Gasteiger charge is -2.11. The second kappa shape index (κ2) is 6.96. The molecule has 9 nitrogen and oxygen atoms in total. The van der Waals surface area contributed by atoms with Crippen LogP contribution < -0.4 is 0 Å². The predicted molar refractivity (Wildman–Crippen MR) is 69.8 cm³/mol. The van der Waals surface area contributed by atoms with Crippen LogP contribution >= 0.6 is 0 Å². The Bertz CT molecular complexity index is 570. The van der Waals surface area contributed by atoms with Gasteiger partial charge in [-0.25, -0.2) is 4.79 Å². The molecule has 1 aromatic carbocycles. The lowest BCUT2D eigenvalue weighted by atomic mass is 10.2. The van der Waals surface area contributed by atoms with Crippen molar-refractivity contribution in [3.05, 3.63) is 39.9 Å². The summed E-state index contributed by atoms with van der Waals surface area (Å²) >= 11 is 0. The van der Waals surface area contributed by atoms with E-state index >= 15 is 0 Å². The third-order valence-electron chi connectivity index (χ3n) is 2.68. The van der Waals surface area contributed by atoms with E-state index in [2.05, 4.69) is 0 Å². The molecule has 1 aliphatic rings. The maximum absolute atomic E-state index is 11.8. The first-order valence-electron chi connectivity index (χ1n) is 6.31. The molecule has 0 saturated carbocycles. The fourth-order valence-corrected chi connectivity index (χ4v) is 1.71. The van der Waals surface area contributed by atoms with Crippen LogP contribution in [0.3, 0.4) is 0 Å². The highest BCUT2D eigenvalue weighted by Crippen LogP contribution is 2.15. The number of carbonyl (C=O) groups excluding carboxylic acids is 2. The molecule has 0 aliphatic carbocycles. The molecule has 9 heteroatoms. The number of benzene rings is 1. The van der Waals surface area contributed by atoms with Gasteiger partial charge < -0.3 is 18.9 Å². The van der Waals surface area contributed by atoms with E-state index in [0.717, 1.165) is 0 Å². The summed E-state index contributed by atoms with van der Waals surface area (Å²) < 4.78 is 20.1. The van der Waals surface area contributed by atoms with Gasteiger partial charge >= 0.3 is 11.9 Å². The van der Waals surface area contributed by atoms with Gasteiger partial charge in [-0.05, 0) is 12.1 Å². The van der Waals surface area contributed by atoms with E-state index < -0.39 is 29.4 Å². The minimum Gasteiger partial charge on any atom is -0.457 e. The Kier molecular flexibility index (Phi) is 5.02. The van der Waals surface area contributed by atoms with Crippen LogP contribution in [0.1, 0.15) is 17.3 Å². The molecule has 1 aliphatic heterocycles. The van der Waals surface area contributed by atoms with E-state index in [1.54, 1.807) is 0 Å². The van der Waals surface area contributed by atoms with Gasteiger partial charge in [0.15, 0.2) is 6.29 Å². The average molecular weight is 311 g/mol. The van der Waals surface area contributed by atoms with Gasteiger partial charge in [-0.2, -0.15) is 0 Å². The minimum absolute atomic E-state index is 0.0549. The van der Waals surface area contributed by atoms with Crippen molar-refractivity contribution < 1.29 is 33.5 Å². The lowest BCUT2D eigenvalue weighted by Crippen LogP contribution is -2.22. The maximum atomic E-state index is 11.8. The zero-order chi connectivity index (χ0) is 16.1. The zero-order valence-corrected chi connectivity index (χ0v) is 11.6. The molecule has 0 spiro atoms. The Hall–Kier alpha value is -2.52. The van der Waals surface area contributed by atoms with E-state index in [1.165, 1.54) is 31.2 Å². The van der Waals surface area contributed by atoms with Crippen molar-refractivity contribution in [2.45, 2.75) is 19.5 Å². The molecule has 118 valence electrons. The van der Waals surface area contributed by atoms with E-state index in [9.17, 15) is 19.7 Å². The van der Waals surface area contributed by atoms with Crippen molar-refractivity contribution in [1.82, 2.24) is 0 Å². The van der Waals surface area contributed by atoms with Gasteiger partial charge in [0.2, 0.25) is 6.29 Å². The van der Waals surface area contributed by atoms with Gasteiger partial charge in [0.1, 0.15) is 13.2 Å². The number of nitro benzene ring substituents is 1. The fraction of sp³-hybridized carbons (Fsp3) is 0.385. The molecule has 1 heterocycles. The SMILES string of the molecule is CC(=O)OC1CO[C@@H](COC(=O)c2ccc([N+](=O)[O-])cc2)O1. The predicted octanol–water partition coefficient (Wildman–Crippen LogP) is 1.01. The topological polar surface area (TPSA) is 114 Å². The highest BCUT2D eigenvalue weighted by atomic mass is 16.8. The van der Waals surface area contributed by atoms with Crippen molar-refractivity contribution in [2.75, 3.05) is 13.2 Å². The summed E-state index contributed by atoms with van der Waals surface area (Å²) in [7, 11) is 0. The van der Waals surface area contributed by atoms with Crippen LogP contribution in [-0.2, 0) is 23.7 Å². The van der Waals surface area contributed by atoms with Crippen LogP contribution in [0.2, 0.25) is 0 Å². The summed E-state index contributed by atoms with van der Waals surface area (Å²) in [6, 6.07) is 4.99. The van der Waals surface area contributed by atoms with Crippen molar-refractivity contribution in [1.29, 1.82) is 0 Å². The first kappa shape index (κ1) is 15.9. The molecule has 1 unspecified atom stereocenters. The number of non-ortho nitro benzene ring substituents is 1. The molecule has 0 bridgehead atoms. The molecule has 0 radical (unpaired) electrons. The Morgan fingerprint density at radius 3 is 2.64 bits per heavy atom. The van der Waals surface area contributed by atoms with Crippen molar-refractivity contribution in [2.24, 2.45) is 0 Å². The highest BCUT2D eigenvalue weighted by molar-refractivity contribution is 5.89. The van der Waals surface area contributed by atoms with E-state index in [0.29, 0.717) is 0 Å². The fourth-order valence-electron chi connectivity index (χ4n) is 1.71. The number of hydrogen-bond acceptors (Lipinski definition) is 8. The van der Waals surface area contributed by atoms with Crippen LogP contribution in [-0.4, -0.2) is 42.7 Å². The van der Waals surface area contributed by atoms with Gasteiger partial charge in [-0.1, -0.05) is 0 Å². The number of nitrogens with zero attached hydrogens (tertiary/aromatic N) is 1. The van der Waals surface area contributed by atoms with Crippen LogP contribution in [0.4, 0.5) is 5.69 Å².